The summed E-state index contributed by atoms with van der Waals surface area (Å²) in [5.74, 6) is 0.884. The number of hydrogen-bond acceptors (Lipinski definition) is 7. The summed E-state index contributed by atoms with van der Waals surface area (Å²) >= 11 is 0. The number of nitrogens with zero attached hydrogens (tertiary/aromatic N) is 2. The number of benzene rings is 2. The van der Waals surface area contributed by atoms with Crippen molar-refractivity contribution >= 4 is 16.6 Å². The maximum absolute atomic E-state index is 12.2. The van der Waals surface area contributed by atoms with Crippen molar-refractivity contribution in [3.63, 3.8) is 0 Å². The van der Waals surface area contributed by atoms with Crippen molar-refractivity contribution in [3.8, 4) is 23.0 Å². The first-order valence-electron chi connectivity index (χ1n) is 6.85. The zero-order chi connectivity index (χ0) is 17.3. The van der Waals surface area contributed by atoms with Gasteiger partial charge in [0.2, 0.25) is 5.89 Å². The van der Waals surface area contributed by atoms with Crippen LogP contribution in [-0.2, 0) is 0 Å². The van der Waals surface area contributed by atoms with Crippen LogP contribution in [0.1, 0.15) is 0 Å². The van der Waals surface area contributed by atoms with Crippen LogP contribution in [-0.4, -0.2) is 24.1 Å². The van der Waals surface area contributed by atoms with Crippen molar-refractivity contribution in [1.29, 1.82) is 0 Å². The molecule has 0 bridgehead atoms. The van der Waals surface area contributed by atoms with Crippen LogP contribution in [0.25, 0.3) is 22.4 Å². The maximum atomic E-state index is 12.2. The topological polar surface area (TPSA) is 105 Å². The lowest BCUT2D eigenvalue weighted by molar-refractivity contribution is -0.384. The van der Waals surface area contributed by atoms with Gasteiger partial charge in [0.05, 0.1) is 30.0 Å². The van der Waals surface area contributed by atoms with E-state index in [0.29, 0.717) is 22.6 Å². The molecule has 0 saturated heterocycles. The van der Waals surface area contributed by atoms with Gasteiger partial charge in [0.15, 0.2) is 11.5 Å². The molecule has 0 N–H and O–H groups in total. The van der Waals surface area contributed by atoms with E-state index >= 15 is 0 Å². The first kappa shape index (κ1) is 15.5. The molecule has 8 nitrogen and oxygen atoms in total. The molecule has 2 aromatic carbocycles. The molecule has 0 saturated carbocycles. The van der Waals surface area contributed by atoms with Crippen molar-refractivity contribution in [2.24, 2.45) is 0 Å². The number of aromatic nitrogens is 1. The molecule has 0 aliphatic rings. The molecular formula is C16H12N2O6. The fourth-order valence-corrected chi connectivity index (χ4v) is 2.25. The highest BCUT2D eigenvalue weighted by Crippen LogP contribution is 2.31. The molecule has 0 aliphatic carbocycles. The van der Waals surface area contributed by atoms with E-state index < -0.39 is 10.5 Å². The fraction of sp³-hybridized carbons (Fsp3) is 0.125. The van der Waals surface area contributed by atoms with Gasteiger partial charge in [-0.25, -0.2) is 9.78 Å². The molecule has 0 unspecified atom stereocenters. The van der Waals surface area contributed by atoms with Gasteiger partial charge in [-0.05, 0) is 12.1 Å². The molecule has 0 spiro atoms. The number of methoxy groups -OCH3 is 2. The van der Waals surface area contributed by atoms with E-state index in [4.69, 9.17) is 13.9 Å². The van der Waals surface area contributed by atoms with E-state index in [9.17, 15) is 14.9 Å². The molecule has 122 valence electrons. The monoisotopic (exact) mass is 328 g/mol. The quantitative estimate of drug-likeness (QED) is 0.535. The maximum Gasteiger partial charge on any atom is 0.347 e. The van der Waals surface area contributed by atoms with Crippen LogP contribution in [0.3, 0.4) is 0 Å². The normalized spacial score (nSPS) is 10.6. The van der Waals surface area contributed by atoms with Gasteiger partial charge >= 0.3 is 5.63 Å². The summed E-state index contributed by atoms with van der Waals surface area (Å²) in [6.07, 6.45) is 0. The summed E-state index contributed by atoms with van der Waals surface area (Å²) in [7, 11) is 2.94. The first-order valence-corrected chi connectivity index (χ1v) is 6.85. The Morgan fingerprint density at radius 2 is 1.71 bits per heavy atom. The zero-order valence-corrected chi connectivity index (χ0v) is 12.8. The van der Waals surface area contributed by atoms with Crippen molar-refractivity contribution in [2.75, 3.05) is 14.2 Å². The highest BCUT2D eigenvalue weighted by atomic mass is 16.6. The Morgan fingerprint density at radius 3 is 2.29 bits per heavy atom. The Bertz CT molecular complexity index is 978. The van der Waals surface area contributed by atoms with E-state index in [0.717, 1.165) is 0 Å². The average Bonchev–Trinajstić information content (AvgIpc) is 2.60. The van der Waals surface area contributed by atoms with Crippen molar-refractivity contribution < 1.29 is 18.8 Å². The van der Waals surface area contributed by atoms with Crippen LogP contribution in [0.5, 0.6) is 11.5 Å². The second-order valence-corrected chi connectivity index (χ2v) is 4.83. The second-order valence-electron chi connectivity index (χ2n) is 4.83. The lowest BCUT2D eigenvalue weighted by atomic mass is 10.2. The predicted molar refractivity (Wildman–Crippen MR) is 85.5 cm³/mol. The van der Waals surface area contributed by atoms with E-state index in [2.05, 4.69) is 4.98 Å². The molecule has 8 heteroatoms. The molecular weight excluding hydrogens is 316 g/mol. The van der Waals surface area contributed by atoms with E-state index in [1.54, 1.807) is 6.07 Å². The highest BCUT2D eigenvalue weighted by Gasteiger charge is 2.14. The van der Waals surface area contributed by atoms with Gasteiger partial charge < -0.3 is 13.9 Å². The van der Waals surface area contributed by atoms with Gasteiger partial charge in [-0.1, -0.05) is 0 Å². The SMILES string of the molecule is COc1cc2nc(-c3ccc([N+](=O)[O-])cc3)oc(=O)c2cc1OC. The Balaban J connectivity index is 2.16. The molecule has 24 heavy (non-hydrogen) atoms. The molecule has 3 aromatic rings. The smallest absolute Gasteiger partial charge is 0.347 e. The van der Waals surface area contributed by atoms with E-state index in [1.807, 2.05) is 0 Å². The van der Waals surface area contributed by atoms with Gasteiger partial charge in [-0.2, -0.15) is 0 Å². The van der Waals surface area contributed by atoms with Crippen LogP contribution in [0.15, 0.2) is 45.6 Å². The minimum absolute atomic E-state index is 0.0618. The molecule has 0 aliphatic heterocycles. The van der Waals surface area contributed by atoms with Gasteiger partial charge in [0.25, 0.3) is 5.69 Å². The van der Waals surface area contributed by atoms with Gasteiger partial charge in [0, 0.05) is 29.8 Å². The molecule has 0 amide bonds. The predicted octanol–water partition coefficient (Wildman–Crippen LogP) is 2.78. The first-order chi connectivity index (χ1) is 11.5. The average molecular weight is 328 g/mol. The number of nitro groups is 1. The lowest BCUT2D eigenvalue weighted by Crippen LogP contribution is -2.04. The highest BCUT2D eigenvalue weighted by molar-refractivity contribution is 5.82. The zero-order valence-electron chi connectivity index (χ0n) is 12.8. The van der Waals surface area contributed by atoms with Crippen LogP contribution >= 0.6 is 0 Å². The van der Waals surface area contributed by atoms with Crippen molar-refractivity contribution in [2.45, 2.75) is 0 Å². The summed E-state index contributed by atoms with van der Waals surface area (Å²) in [5, 5.41) is 10.9. The standard InChI is InChI=1S/C16H12N2O6/c1-22-13-7-11-12(8-14(13)23-2)17-15(24-16(11)19)9-3-5-10(6-4-9)18(20)21/h3-8H,1-2H3. The number of hydrogen-bond donors (Lipinski definition) is 0. The number of fused-ring (bicyclic) bond motifs is 1. The molecule has 1 heterocycles. The number of non-ortho nitro benzene ring substituents is 1. The third-order valence-electron chi connectivity index (χ3n) is 3.46. The molecule has 1 aromatic heterocycles. The largest absolute Gasteiger partial charge is 0.493 e. The Kier molecular flexibility index (Phi) is 3.87. The van der Waals surface area contributed by atoms with Crippen LogP contribution in [0.4, 0.5) is 5.69 Å². The third-order valence-corrected chi connectivity index (χ3v) is 3.46. The van der Waals surface area contributed by atoms with E-state index in [-0.39, 0.29) is 17.0 Å². The molecule has 0 radical (unpaired) electrons. The van der Waals surface area contributed by atoms with Crippen molar-refractivity contribution in [1.82, 2.24) is 4.98 Å². The second kappa shape index (κ2) is 5.99. The Hall–Kier alpha value is -3.42. The summed E-state index contributed by atoms with van der Waals surface area (Å²) in [5.41, 5.74) is 0.175. The number of nitro benzene ring substituents is 1. The van der Waals surface area contributed by atoms with Crippen LogP contribution < -0.4 is 15.1 Å². The molecule has 0 fully saturated rings. The van der Waals surface area contributed by atoms with Crippen molar-refractivity contribution in [3.05, 3.63) is 56.9 Å². The summed E-state index contributed by atoms with van der Waals surface area (Å²) in [6, 6.07) is 8.63. The summed E-state index contributed by atoms with van der Waals surface area (Å²) in [6.45, 7) is 0. The number of rotatable bonds is 4. The minimum Gasteiger partial charge on any atom is -0.493 e. The Labute approximate surface area is 135 Å². The fourth-order valence-electron chi connectivity index (χ4n) is 2.25. The van der Waals surface area contributed by atoms with Gasteiger partial charge in [0.1, 0.15) is 0 Å². The summed E-state index contributed by atoms with van der Waals surface area (Å²) in [4.78, 5) is 26.7. The third kappa shape index (κ3) is 2.65. The summed E-state index contributed by atoms with van der Waals surface area (Å²) < 4.78 is 15.6. The van der Waals surface area contributed by atoms with Gasteiger partial charge in [-0.15, -0.1) is 0 Å². The lowest BCUT2D eigenvalue weighted by Gasteiger charge is -2.08. The minimum atomic E-state index is -0.589. The molecule has 0 atom stereocenters. The Morgan fingerprint density at radius 1 is 1.08 bits per heavy atom. The molecule has 3 rings (SSSR count). The number of ether oxygens (including phenoxy) is 2. The van der Waals surface area contributed by atoms with E-state index in [1.165, 1.54) is 44.6 Å². The van der Waals surface area contributed by atoms with Crippen LogP contribution in [0.2, 0.25) is 0 Å². The van der Waals surface area contributed by atoms with Gasteiger partial charge in [-0.3, -0.25) is 10.1 Å². The van der Waals surface area contributed by atoms with Crippen LogP contribution in [0, 0.1) is 10.1 Å².